The second kappa shape index (κ2) is 7.11. The van der Waals surface area contributed by atoms with Crippen molar-refractivity contribution in [1.29, 1.82) is 0 Å². The predicted molar refractivity (Wildman–Crippen MR) is 82.5 cm³/mol. The summed E-state index contributed by atoms with van der Waals surface area (Å²) in [4.78, 5) is 11.4. The quantitative estimate of drug-likeness (QED) is 0.800. The van der Waals surface area contributed by atoms with E-state index in [2.05, 4.69) is 0 Å². The molecule has 2 aromatic carbocycles. The molecule has 0 aromatic heterocycles. The molecule has 0 radical (unpaired) electrons. The molecule has 0 saturated heterocycles. The molecule has 0 heterocycles. The largest absolute Gasteiger partial charge is 0.504 e. The third-order valence-corrected chi connectivity index (χ3v) is 3.38. The van der Waals surface area contributed by atoms with Crippen LogP contribution in [-0.4, -0.2) is 30.2 Å². The van der Waals surface area contributed by atoms with Gasteiger partial charge in [-0.15, -0.1) is 0 Å². The average Bonchev–Trinajstić information content (AvgIpc) is 2.55. The molecule has 0 atom stereocenters. The molecule has 0 aliphatic rings. The number of benzene rings is 2. The number of phenolic OH excluding ortho intramolecular Hbond substituents is 1. The molecule has 0 amide bonds. The van der Waals surface area contributed by atoms with E-state index in [1.807, 2.05) is 0 Å². The highest BCUT2D eigenvalue weighted by atomic mass is 19.1. The number of hydrogen-bond donors (Lipinski definition) is 2. The number of aliphatic hydroxyl groups is 1. The number of methoxy groups -OCH3 is 1. The van der Waals surface area contributed by atoms with E-state index in [1.54, 1.807) is 6.92 Å². The second-order valence-electron chi connectivity index (χ2n) is 4.73. The fourth-order valence-corrected chi connectivity index (χ4v) is 2.43. The van der Waals surface area contributed by atoms with Gasteiger partial charge in [0, 0.05) is 28.3 Å². The molecule has 23 heavy (non-hydrogen) atoms. The highest BCUT2D eigenvalue weighted by molar-refractivity contribution is 5.94. The number of aliphatic hydroxyl groups excluding tert-OH is 1. The van der Waals surface area contributed by atoms with Crippen LogP contribution in [0.4, 0.5) is 4.39 Å². The summed E-state index contributed by atoms with van der Waals surface area (Å²) >= 11 is 0. The molecule has 5 nitrogen and oxygen atoms in total. The van der Waals surface area contributed by atoms with Crippen molar-refractivity contribution >= 4 is 6.29 Å². The van der Waals surface area contributed by atoms with Crippen LogP contribution in [0.25, 0.3) is 11.1 Å². The van der Waals surface area contributed by atoms with Gasteiger partial charge in [-0.2, -0.15) is 0 Å². The number of carbonyl (C=O) groups excluding carboxylic acids is 1. The molecule has 0 fully saturated rings. The fourth-order valence-electron chi connectivity index (χ4n) is 2.43. The van der Waals surface area contributed by atoms with Gasteiger partial charge >= 0.3 is 0 Å². The third kappa shape index (κ3) is 3.12. The van der Waals surface area contributed by atoms with Crippen LogP contribution >= 0.6 is 0 Å². The standard InChI is InChI=1S/C17H17FO5/c1-3-23-14-7-12(18)4-5-13(14)15-10(8-19)6-11(9-20)17(22-2)16(15)21/h4-8,20-21H,3,9H2,1-2H3. The van der Waals surface area contributed by atoms with Gasteiger partial charge in [-0.05, 0) is 25.1 Å². The Bertz CT molecular complexity index is 727. The predicted octanol–water partition coefficient (Wildman–Crippen LogP) is 2.91. The van der Waals surface area contributed by atoms with Crippen LogP contribution in [0.1, 0.15) is 22.8 Å². The lowest BCUT2D eigenvalue weighted by molar-refractivity contribution is 0.112. The minimum atomic E-state index is -0.497. The van der Waals surface area contributed by atoms with E-state index >= 15 is 0 Å². The summed E-state index contributed by atoms with van der Waals surface area (Å²) < 4.78 is 24.0. The van der Waals surface area contributed by atoms with Crippen molar-refractivity contribution in [2.45, 2.75) is 13.5 Å². The Labute approximate surface area is 132 Å². The zero-order valence-corrected chi connectivity index (χ0v) is 12.8. The number of ether oxygens (including phenoxy) is 2. The van der Waals surface area contributed by atoms with E-state index in [1.165, 1.54) is 31.4 Å². The van der Waals surface area contributed by atoms with Crippen molar-refractivity contribution in [3.8, 4) is 28.4 Å². The Morgan fingerprint density at radius 2 is 2.04 bits per heavy atom. The lowest BCUT2D eigenvalue weighted by Gasteiger charge is -2.17. The van der Waals surface area contributed by atoms with Gasteiger partial charge in [-0.25, -0.2) is 4.39 Å². The third-order valence-electron chi connectivity index (χ3n) is 3.38. The van der Waals surface area contributed by atoms with Crippen molar-refractivity contribution in [2.75, 3.05) is 13.7 Å². The molecule has 6 heteroatoms. The Hall–Kier alpha value is -2.60. The number of carbonyl (C=O) groups is 1. The molecule has 0 spiro atoms. The molecule has 2 N–H and O–H groups in total. The molecular formula is C17H17FO5. The van der Waals surface area contributed by atoms with E-state index in [-0.39, 0.29) is 33.9 Å². The monoisotopic (exact) mass is 320 g/mol. The molecular weight excluding hydrogens is 303 g/mol. The zero-order valence-electron chi connectivity index (χ0n) is 12.8. The van der Waals surface area contributed by atoms with Crippen LogP contribution in [0.5, 0.6) is 17.2 Å². The van der Waals surface area contributed by atoms with Crippen LogP contribution in [0.15, 0.2) is 24.3 Å². The first-order valence-corrected chi connectivity index (χ1v) is 6.98. The Morgan fingerprint density at radius 3 is 2.61 bits per heavy atom. The maximum Gasteiger partial charge on any atom is 0.166 e. The Balaban J connectivity index is 2.79. The van der Waals surface area contributed by atoms with Crippen molar-refractivity contribution < 1.29 is 28.9 Å². The summed E-state index contributed by atoms with van der Waals surface area (Å²) in [5.74, 6) is -0.554. The van der Waals surface area contributed by atoms with Crippen LogP contribution in [0.3, 0.4) is 0 Å². The number of halogens is 1. The van der Waals surface area contributed by atoms with E-state index in [0.717, 1.165) is 0 Å². The van der Waals surface area contributed by atoms with Gasteiger partial charge in [0.1, 0.15) is 11.6 Å². The molecule has 0 aliphatic carbocycles. The van der Waals surface area contributed by atoms with Gasteiger partial charge in [0.2, 0.25) is 0 Å². The van der Waals surface area contributed by atoms with Gasteiger partial charge in [0.25, 0.3) is 0 Å². The van der Waals surface area contributed by atoms with E-state index in [0.29, 0.717) is 18.5 Å². The van der Waals surface area contributed by atoms with Crippen molar-refractivity contribution in [3.05, 3.63) is 41.2 Å². The molecule has 0 unspecified atom stereocenters. The molecule has 0 aliphatic heterocycles. The topological polar surface area (TPSA) is 76.0 Å². The highest BCUT2D eigenvalue weighted by Gasteiger charge is 2.22. The van der Waals surface area contributed by atoms with Gasteiger partial charge in [-0.3, -0.25) is 4.79 Å². The highest BCUT2D eigenvalue weighted by Crippen LogP contribution is 2.45. The minimum absolute atomic E-state index is 0.0554. The summed E-state index contributed by atoms with van der Waals surface area (Å²) in [6.45, 7) is 1.63. The second-order valence-corrected chi connectivity index (χ2v) is 4.73. The summed E-state index contributed by atoms with van der Waals surface area (Å²) in [5, 5.41) is 19.8. The first-order chi connectivity index (χ1) is 11.1. The number of rotatable bonds is 6. The Kier molecular flexibility index (Phi) is 5.18. The van der Waals surface area contributed by atoms with E-state index < -0.39 is 12.4 Å². The zero-order chi connectivity index (χ0) is 17.0. The van der Waals surface area contributed by atoms with Crippen LogP contribution in [0.2, 0.25) is 0 Å². The van der Waals surface area contributed by atoms with Crippen molar-refractivity contribution in [2.24, 2.45) is 0 Å². The molecule has 122 valence electrons. The van der Waals surface area contributed by atoms with Gasteiger partial charge < -0.3 is 19.7 Å². The van der Waals surface area contributed by atoms with Gasteiger partial charge in [-0.1, -0.05) is 0 Å². The van der Waals surface area contributed by atoms with Crippen molar-refractivity contribution in [1.82, 2.24) is 0 Å². The summed E-state index contributed by atoms with van der Waals surface area (Å²) in [6, 6.07) is 5.22. The summed E-state index contributed by atoms with van der Waals surface area (Å²) in [5.41, 5.74) is 0.934. The Morgan fingerprint density at radius 1 is 1.30 bits per heavy atom. The fraction of sp³-hybridized carbons (Fsp3) is 0.235. The SMILES string of the molecule is CCOc1cc(F)ccc1-c1c(C=O)cc(CO)c(OC)c1O. The molecule has 0 saturated carbocycles. The molecule has 2 aromatic rings. The van der Waals surface area contributed by atoms with E-state index in [4.69, 9.17) is 9.47 Å². The maximum absolute atomic E-state index is 13.5. The van der Waals surface area contributed by atoms with Crippen LogP contribution in [-0.2, 0) is 6.61 Å². The van der Waals surface area contributed by atoms with Crippen LogP contribution in [0, 0.1) is 5.82 Å². The number of aldehydes is 1. The van der Waals surface area contributed by atoms with Gasteiger partial charge in [0.15, 0.2) is 17.8 Å². The smallest absolute Gasteiger partial charge is 0.166 e. The normalized spacial score (nSPS) is 10.4. The lowest BCUT2D eigenvalue weighted by Crippen LogP contribution is -2.01. The maximum atomic E-state index is 13.5. The minimum Gasteiger partial charge on any atom is -0.504 e. The number of phenols is 1. The summed E-state index contributed by atoms with van der Waals surface area (Å²) in [6.07, 6.45) is 0.548. The number of aromatic hydroxyl groups is 1. The molecule has 2 rings (SSSR count). The molecule has 0 bridgehead atoms. The summed E-state index contributed by atoms with van der Waals surface area (Å²) in [7, 11) is 1.34. The first-order valence-electron chi connectivity index (χ1n) is 6.98. The van der Waals surface area contributed by atoms with E-state index in [9.17, 15) is 19.4 Å². The average molecular weight is 320 g/mol. The van der Waals surface area contributed by atoms with Gasteiger partial charge in [0.05, 0.1) is 20.3 Å². The number of hydrogen-bond acceptors (Lipinski definition) is 5. The van der Waals surface area contributed by atoms with Crippen LogP contribution < -0.4 is 9.47 Å². The first kappa shape index (κ1) is 16.8. The lowest BCUT2D eigenvalue weighted by atomic mass is 9.95. The van der Waals surface area contributed by atoms with Crippen molar-refractivity contribution in [3.63, 3.8) is 0 Å².